The Morgan fingerprint density at radius 2 is 2.15 bits per heavy atom. The molecule has 0 aliphatic rings. The van der Waals surface area contributed by atoms with Gasteiger partial charge in [-0.15, -0.1) is 0 Å². The molecule has 0 fully saturated rings. The second kappa shape index (κ2) is 7.12. The van der Waals surface area contributed by atoms with E-state index in [0.29, 0.717) is 0 Å². The first-order valence-electron chi connectivity index (χ1n) is 4.49. The van der Waals surface area contributed by atoms with Gasteiger partial charge in [0, 0.05) is 6.42 Å². The van der Waals surface area contributed by atoms with Crippen LogP contribution in [0.15, 0.2) is 30.9 Å². The molecule has 74 valence electrons. The van der Waals surface area contributed by atoms with Crippen LogP contribution in [0.3, 0.4) is 0 Å². The molecular formula is C10H17IN2. The van der Waals surface area contributed by atoms with Crippen molar-refractivity contribution in [2.45, 2.75) is 26.3 Å². The van der Waals surface area contributed by atoms with E-state index in [9.17, 15) is 0 Å². The van der Waals surface area contributed by atoms with E-state index >= 15 is 0 Å². The number of rotatable bonds is 4. The fraction of sp³-hybridized carbons (Fsp3) is 0.500. The maximum absolute atomic E-state index is 2.24. The lowest BCUT2D eigenvalue weighted by atomic mass is 10.3. The zero-order valence-electron chi connectivity index (χ0n) is 8.28. The first-order valence-corrected chi connectivity index (χ1v) is 4.49. The van der Waals surface area contributed by atoms with Crippen molar-refractivity contribution < 1.29 is 28.5 Å². The molecule has 13 heavy (non-hydrogen) atoms. The van der Waals surface area contributed by atoms with Crippen LogP contribution in [0.25, 0.3) is 0 Å². The van der Waals surface area contributed by atoms with Crippen LogP contribution < -0.4 is 28.5 Å². The first kappa shape index (κ1) is 12.7. The fourth-order valence-corrected chi connectivity index (χ4v) is 1.14. The third kappa shape index (κ3) is 5.08. The molecule has 0 aromatic carbocycles. The highest BCUT2D eigenvalue weighted by atomic mass is 127. The Morgan fingerprint density at radius 3 is 2.69 bits per heavy atom. The third-order valence-corrected chi connectivity index (χ3v) is 1.78. The molecule has 1 rings (SSSR count). The minimum Gasteiger partial charge on any atom is -1.00 e. The number of allylic oxidation sites excluding steroid dienone is 2. The van der Waals surface area contributed by atoms with Crippen LogP contribution in [-0.4, -0.2) is 4.57 Å². The van der Waals surface area contributed by atoms with Crippen LogP contribution in [0.1, 0.15) is 19.8 Å². The zero-order valence-corrected chi connectivity index (χ0v) is 10.4. The van der Waals surface area contributed by atoms with Crippen molar-refractivity contribution in [3.05, 3.63) is 30.9 Å². The Morgan fingerprint density at radius 1 is 1.38 bits per heavy atom. The van der Waals surface area contributed by atoms with Gasteiger partial charge in [-0.2, -0.15) is 0 Å². The van der Waals surface area contributed by atoms with E-state index in [-0.39, 0.29) is 24.0 Å². The summed E-state index contributed by atoms with van der Waals surface area (Å²) in [6, 6.07) is 0. The van der Waals surface area contributed by atoms with Gasteiger partial charge in [-0.1, -0.05) is 19.1 Å². The topological polar surface area (TPSA) is 8.81 Å². The standard InChI is InChI=1S/C10H17N2.HI/c1-3-4-5-6-7-12-9-8-11(2)10-12;/h4-5,8-10H,3,6-7H2,1-2H3;1H/q+1;/p-1. The summed E-state index contributed by atoms with van der Waals surface area (Å²) in [5, 5.41) is 0. The van der Waals surface area contributed by atoms with Crippen molar-refractivity contribution in [2.24, 2.45) is 7.05 Å². The molecular weight excluding hydrogens is 275 g/mol. The summed E-state index contributed by atoms with van der Waals surface area (Å²) in [5.74, 6) is 0. The lowest BCUT2D eigenvalue weighted by Crippen LogP contribution is -3.00. The SMILES string of the molecule is CCC=CCCn1cc[n+](C)c1.[I-]. The van der Waals surface area contributed by atoms with Gasteiger partial charge in [-0.25, -0.2) is 9.13 Å². The molecule has 1 heterocycles. The van der Waals surface area contributed by atoms with E-state index in [1.807, 2.05) is 7.05 Å². The van der Waals surface area contributed by atoms with Crippen molar-refractivity contribution in [1.82, 2.24) is 4.57 Å². The summed E-state index contributed by atoms with van der Waals surface area (Å²) in [6.45, 7) is 3.24. The molecule has 0 saturated heterocycles. The van der Waals surface area contributed by atoms with Gasteiger partial charge >= 0.3 is 0 Å². The predicted molar refractivity (Wildman–Crippen MR) is 49.7 cm³/mol. The van der Waals surface area contributed by atoms with Gasteiger partial charge in [0.2, 0.25) is 6.33 Å². The van der Waals surface area contributed by atoms with Gasteiger partial charge in [0.15, 0.2) is 0 Å². The third-order valence-electron chi connectivity index (χ3n) is 1.78. The minimum absolute atomic E-state index is 0. The van der Waals surface area contributed by atoms with Gasteiger partial charge in [0.05, 0.1) is 13.6 Å². The molecule has 1 aromatic rings. The second-order valence-corrected chi connectivity index (χ2v) is 2.99. The van der Waals surface area contributed by atoms with Crippen molar-refractivity contribution in [3.8, 4) is 0 Å². The lowest BCUT2D eigenvalue weighted by Gasteiger charge is -1.89. The highest BCUT2D eigenvalue weighted by Gasteiger charge is 1.96. The van der Waals surface area contributed by atoms with E-state index in [4.69, 9.17) is 0 Å². The number of aromatic nitrogens is 2. The molecule has 0 unspecified atom stereocenters. The van der Waals surface area contributed by atoms with Crippen LogP contribution in [0.2, 0.25) is 0 Å². The molecule has 3 heteroatoms. The summed E-state index contributed by atoms with van der Waals surface area (Å²) in [6.07, 6.45) is 13.0. The minimum atomic E-state index is 0. The van der Waals surface area contributed by atoms with E-state index < -0.39 is 0 Å². The number of aryl methyl sites for hydroxylation is 2. The fourth-order valence-electron chi connectivity index (χ4n) is 1.14. The maximum Gasteiger partial charge on any atom is 0.243 e. The predicted octanol–water partition coefficient (Wildman–Crippen LogP) is -1.33. The van der Waals surface area contributed by atoms with E-state index in [0.717, 1.165) is 19.4 Å². The average molecular weight is 292 g/mol. The monoisotopic (exact) mass is 292 g/mol. The molecule has 0 amide bonds. The van der Waals surface area contributed by atoms with E-state index in [1.54, 1.807) is 0 Å². The number of hydrogen-bond donors (Lipinski definition) is 0. The summed E-state index contributed by atoms with van der Waals surface area (Å²) >= 11 is 0. The highest BCUT2D eigenvalue weighted by Crippen LogP contribution is 1.91. The summed E-state index contributed by atoms with van der Waals surface area (Å²) in [7, 11) is 2.04. The summed E-state index contributed by atoms with van der Waals surface area (Å²) in [5.41, 5.74) is 0. The van der Waals surface area contributed by atoms with Crippen LogP contribution in [-0.2, 0) is 13.6 Å². The van der Waals surface area contributed by atoms with Crippen LogP contribution in [0, 0.1) is 0 Å². The Labute approximate surface area is 97.3 Å². The molecule has 0 radical (unpaired) electrons. The Hall–Kier alpha value is -0.320. The second-order valence-electron chi connectivity index (χ2n) is 2.99. The summed E-state index contributed by atoms with van der Waals surface area (Å²) in [4.78, 5) is 0. The van der Waals surface area contributed by atoms with Gasteiger partial charge < -0.3 is 24.0 Å². The highest BCUT2D eigenvalue weighted by molar-refractivity contribution is 4.80. The Balaban J connectivity index is 0.00000144. The van der Waals surface area contributed by atoms with Gasteiger partial charge in [0.1, 0.15) is 12.4 Å². The van der Waals surface area contributed by atoms with E-state index in [2.05, 4.69) is 46.9 Å². The largest absolute Gasteiger partial charge is 1.00 e. The maximum atomic E-state index is 2.24. The quantitative estimate of drug-likeness (QED) is 0.369. The van der Waals surface area contributed by atoms with Gasteiger partial charge in [-0.05, 0) is 6.42 Å². The molecule has 0 aliphatic heterocycles. The molecule has 0 bridgehead atoms. The van der Waals surface area contributed by atoms with Crippen LogP contribution >= 0.6 is 0 Å². The molecule has 1 aromatic heterocycles. The van der Waals surface area contributed by atoms with Crippen molar-refractivity contribution >= 4 is 0 Å². The van der Waals surface area contributed by atoms with Crippen molar-refractivity contribution in [2.75, 3.05) is 0 Å². The first-order chi connectivity index (χ1) is 5.83. The summed E-state index contributed by atoms with van der Waals surface area (Å²) < 4.78 is 4.25. The molecule has 0 aliphatic carbocycles. The smallest absolute Gasteiger partial charge is 0.243 e. The van der Waals surface area contributed by atoms with E-state index in [1.165, 1.54) is 0 Å². The van der Waals surface area contributed by atoms with Crippen molar-refractivity contribution in [1.29, 1.82) is 0 Å². The Kier molecular flexibility index (Phi) is 6.94. The molecule has 0 saturated carbocycles. The number of hydrogen-bond acceptors (Lipinski definition) is 0. The Bertz CT molecular complexity index is 253. The van der Waals surface area contributed by atoms with Crippen molar-refractivity contribution in [3.63, 3.8) is 0 Å². The molecule has 0 atom stereocenters. The molecule has 2 nitrogen and oxygen atoms in total. The zero-order chi connectivity index (χ0) is 8.81. The normalized spacial score (nSPS) is 10.3. The molecule has 0 N–H and O–H groups in total. The lowest BCUT2D eigenvalue weighted by molar-refractivity contribution is -0.671. The number of halogens is 1. The molecule has 0 spiro atoms. The van der Waals surface area contributed by atoms with Gasteiger partial charge in [-0.3, -0.25) is 0 Å². The van der Waals surface area contributed by atoms with Gasteiger partial charge in [0.25, 0.3) is 0 Å². The number of imidazole rings is 1. The van der Waals surface area contributed by atoms with Crippen LogP contribution in [0.5, 0.6) is 0 Å². The number of nitrogens with zero attached hydrogens (tertiary/aromatic N) is 2. The average Bonchev–Trinajstić information content (AvgIpc) is 2.45. The van der Waals surface area contributed by atoms with Crippen LogP contribution in [0.4, 0.5) is 0 Å².